The molecule has 0 aliphatic carbocycles. The minimum Gasteiger partial charge on any atom is -0.307 e. The van der Waals surface area contributed by atoms with E-state index in [0.717, 1.165) is 22.3 Å². The van der Waals surface area contributed by atoms with Gasteiger partial charge in [0.15, 0.2) is 11.6 Å². The molecule has 0 aliphatic heterocycles. The standard InChI is InChI=1S/C19H15N7/c1-12-9-13(2)23-19(22-12)25-18-15(10-20)11-21-26(18)17-8-7-14-5-3-4-6-16(14)24-17/h3-9,11H,1-2H3,(H,22,23,25). The zero-order valence-electron chi connectivity index (χ0n) is 14.3. The smallest absolute Gasteiger partial charge is 0.228 e. The molecule has 1 N–H and O–H groups in total. The topological polar surface area (TPSA) is 92.3 Å². The summed E-state index contributed by atoms with van der Waals surface area (Å²) >= 11 is 0. The summed E-state index contributed by atoms with van der Waals surface area (Å²) in [5.74, 6) is 1.51. The van der Waals surface area contributed by atoms with Crippen molar-refractivity contribution >= 4 is 22.7 Å². The summed E-state index contributed by atoms with van der Waals surface area (Å²) in [4.78, 5) is 13.4. The number of para-hydroxylation sites is 1. The van der Waals surface area contributed by atoms with Gasteiger partial charge in [0.05, 0.1) is 11.7 Å². The van der Waals surface area contributed by atoms with E-state index in [-0.39, 0.29) is 0 Å². The third-order valence-electron chi connectivity index (χ3n) is 3.90. The molecule has 1 aromatic carbocycles. The molecule has 0 spiro atoms. The maximum Gasteiger partial charge on any atom is 0.228 e. The first-order valence-corrected chi connectivity index (χ1v) is 8.07. The first kappa shape index (κ1) is 15.7. The Kier molecular flexibility index (Phi) is 3.78. The molecule has 4 rings (SSSR count). The fraction of sp³-hybridized carbons (Fsp3) is 0.105. The molecule has 0 bridgehead atoms. The number of nitrogens with zero attached hydrogens (tertiary/aromatic N) is 6. The molecule has 0 radical (unpaired) electrons. The summed E-state index contributed by atoms with van der Waals surface area (Å²) in [5.41, 5.74) is 2.93. The maximum atomic E-state index is 9.43. The third kappa shape index (κ3) is 2.84. The molecule has 126 valence electrons. The van der Waals surface area contributed by atoms with Crippen molar-refractivity contribution in [2.24, 2.45) is 0 Å². The lowest BCUT2D eigenvalue weighted by molar-refractivity contribution is 0.857. The van der Waals surface area contributed by atoms with Crippen molar-refractivity contribution in [3.63, 3.8) is 0 Å². The van der Waals surface area contributed by atoms with Crippen LogP contribution in [0.5, 0.6) is 0 Å². The number of aromatic nitrogens is 5. The monoisotopic (exact) mass is 341 g/mol. The van der Waals surface area contributed by atoms with Crippen LogP contribution >= 0.6 is 0 Å². The largest absolute Gasteiger partial charge is 0.307 e. The summed E-state index contributed by atoms with van der Waals surface area (Å²) < 4.78 is 1.59. The maximum absolute atomic E-state index is 9.43. The van der Waals surface area contributed by atoms with E-state index >= 15 is 0 Å². The molecule has 0 unspecified atom stereocenters. The molecule has 3 heterocycles. The number of rotatable bonds is 3. The summed E-state index contributed by atoms with van der Waals surface area (Å²) in [6.45, 7) is 3.79. The fourth-order valence-electron chi connectivity index (χ4n) is 2.79. The van der Waals surface area contributed by atoms with Crippen LogP contribution in [0.2, 0.25) is 0 Å². The van der Waals surface area contributed by atoms with Crippen LogP contribution in [0.25, 0.3) is 16.7 Å². The summed E-state index contributed by atoms with van der Waals surface area (Å²) in [5, 5.41) is 17.9. The average Bonchev–Trinajstić information content (AvgIpc) is 3.03. The van der Waals surface area contributed by atoms with Crippen molar-refractivity contribution in [1.82, 2.24) is 24.7 Å². The van der Waals surface area contributed by atoms with E-state index in [0.29, 0.717) is 23.1 Å². The molecule has 4 aromatic rings. The number of hydrogen-bond donors (Lipinski definition) is 1. The van der Waals surface area contributed by atoms with E-state index in [9.17, 15) is 5.26 Å². The number of benzene rings is 1. The first-order chi connectivity index (χ1) is 12.6. The second-order valence-electron chi connectivity index (χ2n) is 5.89. The van der Waals surface area contributed by atoms with E-state index < -0.39 is 0 Å². The summed E-state index contributed by atoms with van der Waals surface area (Å²) in [6, 6.07) is 15.7. The Balaban J connectivity index is 1.82. The van der Waals surface area contributed by atoms with Gasteiger partial charge in [0.2, 0.25) is 5.95 Å². The molecule has 7 nitrogen and oxygen atoms in total. The predicted molar refractivity (Wildman–Crippen MR) is 98.4 cm³/mol. The van der Waals surface area contributed by atoms with Crippen LogP contribution in [0.4, 0.5) is 11.8 Å². The van der Waals surface area contributed by atoms with Crippen LogP contribution in [0.15, 0.2) is 48.7 Å². The zero-order valence-corrected chi connectivity index (χ0v) is 14.3. The van der Waals surface area contributed by atoms with Crippen molar-refractivity contribution in [1.29, 1.82) is 5.26 Å². The highest BCUT2D eigenvalue weighted by molar-refractivity contribution is 5.79. The Labute approximate surface area is 150 Å². The van der Waals surface area contributed by atoms with Gasteiger partial charge in [0, 0.05) is 16.8 Å². The highest BCUT2D eigenvalue weighted by Crippen LogP contribution is 2.23. The van der Waals surface area contributed by atoms with Crippen LogP contribution in [-0.2, 0) is 0 Å². The molecular weight excluding hydrogens is 326 g/mol. The molecule has 3 aromatic heterocycles. The number of aryl methyl sites for hydroxylation is 2. The quantitative estimate of drug-likeness (QED) is 0.613. The highest BCUT2D eigenvalue weighted by atomic mass is 15.4. The fourth-order valence-corrected chi connectivity index (χ4v) is 2.79. The van der Waals surface area contributed by atoms with Crippen LogP contribution in [0.1, 0.15) is 17.0 Å². The van der Waals surface area contributed by atoms with Gasteiger partial charge in [-0.05, 0) is 38.1 Å². The van der Waals surface area contributed by atoms with E-state index in [1.807, 2.05) is 56.3 Å². The number of pyridine rings is 1. The Morgan fingerprint density at radius 3 is 2.54 bits per heavy atom. The molecule has 0 aliphatic rings. The van der Waals surface area contributed by atoms with Crippen LogP contribution in [0, 0.1) is 25.2 Å². The lowest BCUT2D eigenvalue weighted by Crippen LogP contribution is -2.08. The molecule has 0 saturated heterocycles. The SMILES string of the molecule is Cc1cc(C)nc(Nc2c(C#N)cnn2-c2ccc3ccccc3n2)n1. The van der Waals surface area contributed by atoms with Gasteiger partial charge >= 0.3 is 0 Å². The zero-order chi connectivity index (χ0) is 18.1. The van der Waals surface area contributed by atoms with Crippen molar-refractivity contribution < 1.29 is 0 Å². The molecule has 7 heteroatoms. The van der Waals surface area contributed by atoms with Crippen LogP contribution in [-0.4, -0.2) is 24.7 Å². The van der Waals surface area contributed by atoms with E-state index in [4.69, 9.17) is 0 Å². The third-order valence-corrected chi connectivity index (χ3v) is 3.90. The van der Waals surface area contributed by atoms with Crippen LogP contribution in [0.3, 0.4) is 0 Å². The van der Waals surface area contributed by atoms with Gasteiger partial charge in [-0.15, -0.1) is 0 Å². The minimum atomic E-state index is 0.391. The lowest BCUT2D eigenvalue weighted by Gasteiger charge is -2.10. The van der Waals surface area contributed by atoms with Crippen LogP contribution < -0.4 is 5.32 Å². The summed E-state index contributed by atoms with van der Waals surface area (Å²) in [7, 11) is 0. The lowest BCUT2D eigenvalue weighted by atomic mass is 10.2. The molecule has 26 heavy (non-hydrogen) atoms. The Morgan fingerprint density at radius 1 is 1.00 bits per heavy atom. The molecular formula is C19H15N7. The number of nitriles is 1. The van der Waals surface area contributed by atoms with E-state index in [2.05, 4.69) is 31.4 Å². The predicted octanol–water partition coefficient (Wildman–Crippen LogP) is 3.44. The van der Waals surface area contributed by atoms with E-state index in [1.54, 1.807) is 4.68 Å². The van der Waals surface area contributed by atoms with Crippen molar-refractivity contribution in [2.45, 2.75) is 13.8 Å². The Hall–Kier alpha value is -3.79. The number of fused-ring (bicyclic) bond motifs is 1. The Morgan fingerprint density at radius 2 is 1.77 bits per heavy atom. The normalized spacial score (nSPS) is 10.7. The van der Waals surface area contributed by atoms with Gasteiger partial charge in [0.25, 0.3) is 0 Å². The van der Waals surface area contributed by atoms with Crippen molar-refractivity contribution in [3.05, 3.63) is 65.6 Å². The first-order valence-electron chi connectivity index (χ1n) is 8.07. The molecule has 0 saturated carbocycles. The molecule has 0 amide bonds. The minimum absolute atomic E-state index is 0.391. The molecule has 0 fully saturated rings. The number of anilines is 2. The van der Waals surface area contributed by atoms with Gasteiger partial charge in [-0.2, -0.15) is 15.0 Å². The molecule has 0 atom stereocenters. The summed E-state index contributed by atoms with van der Waals surface area (Å²) in [6.07, 6.45) is 1.50. The van der Waals surface area contributed by atoms with Crippen molar-refractivity contribution in [2.75, 3.05) is 5.32 Å². The number of hydrogen-bond acceptors (Lipinski definition) is 6. The highest BCUT2D eigenvalue weighted by Gasteiger charge is 2.15. The van der Waals surface area contributed by atoms with E-state index in [1.165, 1.54) is 6.20 Å². The number of nitrogens with one attached hydrogen (secondary N) is 1. The van der Waals surface area contributed by atoms with Gasteiger partial charge in [-0.25, -0.2) is 15.0 Å². The van der Waals surface area contributed by atoms with Crippen molar-refractivity contribution in [3.8, 4) is 11.9 Å². The van der Waals surface area contributed by atoms with Gasteiger partial charge in [-0.1, -0.05) is 18.2 Å². The second kappa shape index (κ2) is 6.26. The second-order valence-corrected chi connectivity index (χ2v) is 5.89. The van der Waals surface area contributed by atoms with Gasteiger partial charge < -0.3 is 5.32 Å². The Bertz CT molecular complexity index is 1130. The van der Waals surface area contributed by atoms with Gasteiger partial charge in [0.1, 0.15) is 11.6 Å². The van der Waals surface area contributed by atoms with Gasteiger partial charge in [-0.3, -0.25) is 0 Å². The average molecular weight is 341 g/mol.